The largest absolute Gasteiger partial charge is 0.506 e. The number of aryl methyl sites for hydroxylation is 1. The quantitative estimate of drug-likeness (QED) is 0.250. The topological polar surface area (TPSA) is 115 Å². The number of esters is 1. The number of hydrogen-bond acceptors (Lipinski definition) is 8. The average molecular weight is 477 g/mol. The summed E-state index contributed by atoms with van der Waals surface area (Å²) in [7, 11) is 0. The number of para-hydroxylation sites is 1. The number of nitro benzene ring substituents is 1. The number of nitro groups is 1. The molecule has 0 aliphatic carbocycles. The van der Waals surface area contributed by atoms with E-state index in [1.54, 1.807) is 50.3 Å². The highest BCUT2D eigenvalue weighted by molar-refractivity contribution is 8.18. The first-order chi connectivity index (χ1) is 16.4. The molecule has 0 amide bonds. The molecule has 0 bridgehead atoms. The molecule has 1 aliphatic heterocycles. The number of carbonyl (C=O) groups excluding carboxylic acids is 1. The molecule has 0 atom stereocenters. The van der Waals surface area contributed by atoms with Gasteiger partial charge in [0.2, 0.25) is 0 Å². The van der Waals surface area contributed by atoms with Gasteiger partial charge < -0.3 is 14.3 Å². The maximum Gasteiger partial charge on any atom is 0.344 e. The minimum atomic E-state index is -0.660. The number of carbonyl (C=O) groups is 1. The molecule has 172 valence electrons. The van der Waals surface area contributed by atoms with Crippen LogP contribution in [0.15, 0.2) is 86.3 Å². The highest BCUT2D eigenvalue weighted by Gasteiger charge is 2.33. The van der Waals surface area contributed by atoms with E-state index in [4.69, 9.17) is 9.15 Å². The van der Waals surface area contributed by atoms with Crippen molar-refractivity contribution in [1.29, 1.82) is 0 Å². The van der Waals surface area contributed by atoms with E-state index in [9.17, 15) is 20.0 Å². The number of aliphatic hydroxyl groups is 1. The van der Waals surface area contributed by atoms with Crippen LogP contribution in [0.1, 0.15) is 18.2 Å². The van der Waals surface area contributed by atoms with Crippen LogP contribution in [-0.4, -0.2) is 27.6 Å². The summed E-state index contributed by atoms with van der Waals surface area (Å²) in [4.78, 5) is 28.0. The van der Waals surface area contributed by atoms with Crippen LogP contribution in [-0.2, 0) is 9.53 Å². The van der Waals surface area contributed by atoms with Crippen LogP contribution < -0.4 is 0 Å². The van der Waals surface area contributed by atoms with Gasteiger partial charge in [0.05, 0.1) is 22.1 Å². The lowest BCUT2D eigenvalue weighted by molar-refractivity contribution is -0.384. The second-order valence-corrected chi connectivity index (χ2v) is 8.30. The Kier molecular flexibility index (Phi) is 6.65. The van der Waals surface area contributed by atoms with Gasteiger partial charge in [0.1, 0.15) is 27.9 Å². The van der Waals surface area contributed by atoms with Crippen molar-refractivity contribution in [2.24, 2.45) is 4.99 Å². The molecule has 9 heteroatoms. The highest BCUT2D eigenvalue weighted by Crippen LogP contribution is 2.40. The Bertz CT molecular complexity index is 1350. The van der Waals surface area contributed by atoms with Crippen LogP contribution in [0, 0.1) is 17.0 Å². The minimum absolute atomic E-state index is 0.0000500. The summed E-state index contributed by atoms with van der Waals surface area (Å²) in [6.45, 7) is 3.61. The molecule has 34 heavy (non-hydrogen) atoms. The molecule has 0 radical (unpaired) electrons. The van der Waals surface area contributed by atoms with Crippen molar-refractivity contribution in [3.8, 4) is 11.3 Å². The third kappa shape index (κ3) is 4.79. The molecule has 8 nitrogen and oxygen atoms in total. The normalized spacial score (nSPS) is 15.8. The summed E-state index contributed by atoms with van der Waals surface area (Å²) in [5.41, 5.74) is 2.05. The zero-order valence-electron chi connectivity index (χ0n) is 18.3. The second kappa shape index (κ2) is 9.80. The molecule has 2 aromatic carbocycles. The Morgan fingerprint density at radius 3 is 2.65 bits per heavy atom. The first-order valence-electron chi connectivity index (χ1n) is 10.4. The smallest absolute Gasteiger partial charge is 0.344 e. The molecule has 0 saturated carbocycles. The van der Waals surface area contributed by atoms with Gasteiger partial charge >= 0.3 is 5.97 Å². The molecule has 2 heterocycles. The van der Waals surface area contributed by atoms with Gasteiger partial charge in [-0.2, -0.15) is 0 Å². The van der Waals surface area contributed by atoms with Gasteiger partial charge in [-0.15, -0.1) is 0 Å². The van der Waals surface area contributed by atoms with E-state index in [0.717, 1.165) is 11.8 Å². The van der Waals surface area contributed by atoms with Gasteiger partial charge in [-0.05, 0) is 55.8 Å². The SMILES string of the molecule is CCOC(=O)C1=C(O)/C(=C/c2ccc(-c3ccc([N+](=O)[O-])cc3C)o2)SC1=Nc1ccccc1. The zero-order chi connectivity index (χ0) is 24.2. The molecular weight excluding hydrogens is 456 g/mol. The lowest BCUT2D eigenvalue weighted by Gasteiger charge is -2.03. The lowest BCUT2D eigenvalue weighted by atomic mass is 10.1. The second-order valence-electron chi connectivity index (χ2n) is 7.27. The Morgan fingerprint density at radius 1 is 1.21 bits per heavy atom. The Hall–Kier alpha value is -4.11. The third-order valence-corrected chi connectivity index (χ3v) is 5.96. The minimum Gasteiger partial charge on any atom is -0.506 e. The maximum atomic E-state index is 12.5. The fraction of sp³-hybridized carbons (Fsp3) is 0.120. The lowest BCUT2D eigenvalue weighted by Crippen LogP contribution is -2.12. The molecule has 0 spiro atoms. The fourth-order valence-electron chi connectivity index (χ4n) is 3.35. The maximum absolute atomic E-state index is 12.5. The van der Waals surface area contributed by atoms with Gasteiger partial charge in [-0.3, -0.25) is 10.1 Å². The van der Waals surface area contributed by atoms with Crippen LogP contribution >= 0.6 is 11.8 Å². The van der Waals surface area contributed by atoms with Crippen molar-refractivity contribution in [2.75, 3.05) is 6.61 Å². The summed E-state index contributed by atoms with van der Waals surface area (Å²) in [6, 6.07) is 17.1. The highest BCUT2D eigenvalue weighted by atomic mass is 32.2. The number of aliphatic imine (C=N–C) groups is 1. The Labute approximate surface area is 199 Å². The van der Waals surface area contributed by atoms with E-state index in [0.29, 0.717) is 38.3 Å². The van der Waals surface area contributed by atoms with Crippen molar-refractivity contribution in [3.05, 3.63) is 98.3 Å². The van der Waals surface area contributed by atoms with Crippen molar-refractivity contribution in [3.63, 3.8) is 0 Å². The van der Waals surface area contributed by atoms with E-state index in [-0.39, 0.29) is 23.6 Å². The summed E-state index contributed by atoms with van der Waals surface area (Å²) >= 11 is 1.14. The predicted molar refractivity (Wildman–Crippen MR) is 131 cm³/mol. The van der Waals surface area contributed by atoms with E-state index in [1.165, 1.54) is 12.1 Å². The van der Waals surface area contributed by atoms with Crippen LogP contribution in [0.4, 0.5) is 11.4 Å². The molecule has 4 rings (SSSR count). The number of furan rings is 1. The number of ether oxygens (including phenoxy) is 1. The van der Waals surface area contributed by atoms with Crippen LogP contribution in [0.2, 0.25) is 0 Å². The summed E-state index contributed by atoms with van der Waals surface area (Å²) in [6.07, 6.45) is 1.61. The van der Waals surface area contributed by atoms with Crippen LogP contribution in [0.25, 0.3) is 17.4 Å². The Morgan fingerprint density at radius 2 is 1.97 bits per heavy atom. The fourth-order valence-corrected chi connectivity index (χ4v) is 4.37. The molecular formula is C25H20N2O6S. The summed E-state index contributed by atoms with van der Waals surface area (Å²) in [5.74, 6) is 0.0651. The van der Waals surface area contributed by atoms with Crippen LogP contribution in [0.3, 0.4) is 0 Å². The molecule has 1 aliphatic rings. The molecule has 0 fully saturated rings. The zero-order valence-corrected chi connectivity index (χ0v) is 19.2. The average Bonchev–Trinajstić information content (AvgIpc) is 3.39. The number of nitrogens with zero attached hydrogens (tertiary/aromatic N) is 2. The number of benzene rings is 2. The summed E-state index contributed by atoms with van der Waals surface area (Å²) < 4.78 is 11.0. The molecule has 0 unspecified atom stereocenters. The number of thioether (sulfide) groups is 1. The van der Waals surface area contributed by atoms with Crippen molar-refractivity contribution < 1.29 is 24.0 Å². The van der Waals surface area contributed by atoms with E-state index < -0.39 is 10.9 Å². The van der Waals surface area contributed by atoms with E-state index in [2.05, 4.69) is 4.99 Å². The summed E-state index contributed by atoms with van der Waals surface area (Å²) in [5, 5.41) is 22.1. The number of hydrogen-bond donors (Lipinski definition) is 1. The third-order valence-electron chi connectivity index (χ3n) is 4.94. The number of rotatable bonds is 6. The van der Waals surface area contributed by atoms with Gasteiger partial charge in [0.25, 0.3) is 5.69 Å². The monoisotopic (exact) mass is 476 g/mol. The number of aliphatic hydroxyl groups excluding tert-OH is 1. The van der Waals surface area contributed by atoms with E-state index in [1.807, 2.05) is 18.2 Å². The first kappa shape index (κ1) is 23.1. The van der Waals surface area contributed by atoms with Gasteiger partial charge in [-0.1, -0.05) is 30.0 Å². The molecule has 3 aromatic rings. The van der Waals surface area contributed by atoms with Gasteiger partial charge in [0.15, 0.2) is 0 Å². The standard InChI is InChI=1S/C25H20N2O6S/c1-3-32-25(29)22-23(28)21(34-24(22)26-16-7-5-4-6-8-16)14-18-10-12-20(33-18)19-11-9-17(27(30)31)13-15(19)2/h4-14,28H,3H2,1-2H3/b21-14-,26-24?. The number of non-ortho nitro benzene ring substituents is 1. The van der Waals surface area contributed by atoms with E-state index >= 15 is 0 Å². The van der Waals surface area contributed by atoms with Crippen LogP contribution in [0.5, 0.6) is 0 Å². The van der Waals surface area contributed by atoms with Crippen molar-refractivity contribution in [1.82, 2.24) is 0 Å². The predicted octanol–water partition coefficient (Wildman–Crippen LogP) is 6.36. The Balaban J connectivity index is 1.68. The van der Waals surface area contributed by atoms with Gasteiger partial charge in [-0.25, -0.2) is 9.79 Å². The van der Waals surface area contributed by atoms with Crippen molar-refractivity contribution >= 4 is 40.2 Å². The molecule has 1 N–H and O–H groups in total. The first-order valence-corrected chi connectivity index (χ1v) is 11.2. The molecule has 0 saturated heterocycles. The molecule has 1 aromatic heterocycles. The van der Waals surface area contributed by atoms with Gasteiger partial charge in [0, 0.05) is 17.7 Å². The van der Waals surface area contributed by atoms with Crippen molar-refractivity contribution in [2.45, 2.75) is 13.8 Å².